The number of esters is 2. The van der Waals surface area contributed by atoms with Crippen LogP contribution in [-0.4, -0.2) is 70.0 Å². The second kappa shape index (κ2) is 54.5. The molecule has 0 amide bonds. The molecule has 73 heavy (non-hydrogen) atoms. The molecule has 0 heterocycles. The summed E-state index contributed by atoms with van der Waals surface area (Å²) in [7, 11) is 1.17. The maximum absolute atomic E-state index is 12.8. The van der Waals surface area contributed by atoms with E-state index < -0.39 is 26.5 Å². The summed E-state index contributed by atoms with van der Waals surface area (Å²) in [6.45, 7) is 4.16. The van der Waals surface area contributed by atoms with E-state index in [2.05, 4.69) is 74.6 Å². The summed E-state index contributed by atoms with van der Waals surface area (Å²) in [6, 6.07) is 0. The molecule has 0 aromatic carbocycles. The lowest BCUT2D eigenvalue weighted by atomic mass is 10.0. The Morgan fingerprint density at radius 3 is 1.16 bits per heavy atom. The maximum Gasteiger partial charge on any atom is 0.306 e. The number of carbonyl (C=O) groups excluding carboxylic acids is 2. The topological polar surface area (TPSA) is 111 Å². The summed E-state index contributed by atoms with van der Waals surface area (Å²) in [5, 5.41) is 0. The Morgan fingerprint density at radius 2 is 0.781 bits per heavy atom. The summed E-state index contributed by atoms with van der Waals surface area (Å²) < 4.78 is 34.2. The van der Waals surface area contributed by atoms with Crippen molar-refractivity contribution in [3.05, 3.63) is 60.8 Å². The lowest BCUT2D eigenvalue weighted by Crippen LogP contribution is -2.37. The number of ether oxygens (including phenoxy) is 2. The fourth-order valence-electron chi connectivity index (χ4n) is 8.63. The predicted octanol–water partition coefficient (Wildman–Crippen LogP) is 18.5. The molecule has 0 saturated carbocycles. The van der Waals surface area contributed by atoms with E-state index >= 15 is 0 Å². The highest BCUT2D eigenvalue weighted by atomic mass is 31.2. The molecule has 0 aliphatic carbocycles. The molecule has 0 aliphatic heterocycles. The average molecular weight is 1050 g/mol. The monoisotopic (exact) mass is 1050 g/mol. The third-order valence-electron chi connectivity index (χ3n) is 13.3. The fourth-order valence-corrected chi connectivity index (χ4v) is 9.36. The number of phosphoric ester groups is 1. The molecule has 0 rings (SSSR count). The Kier molecular flexibility index (Phi) is 52.8. The van der Waals surface area contributed by atoms with Crippen molar-refractivity contribution in [3.63, 3.8) is 0 Å². The van der Waals surface area contributed by atoms with Crippen molar-refractivity contribution >= 4 is 19.8 Å². The highest BCUT2D eigenvalue weighted by molar-refractivity contribution is 7.45. The first-order chi connectivity index (χ1) is 35.5. The normalized spacial score (nSPS) is 13.7. The number of phosphoric acid groups is 1. The van der Waals surface area contributed by atoms with Gasteiger partial charge in [-0.1, -0.05) is 267 Å². The van der Waals surface area contributed by atoms with Gasteiger partial charge in [0.2, 0.25) is 0 Å². The highest BCUT2D eigenvalue weighted by Gasteiger charge is 2.22. The van der Waals surface area contributed by atoms with E-state index in [1.54, 1.807) is 0 Å². The Morgan fingerprint density at radius 1 is 0.438 bits per heavy atom. The van der Waals surface area contributed by atoms with E-state index in [0.29, 0.717) is 17.4 Å². The molecule has 0 aromatic rings. The molecule has 10 heteroatoms. The molecule has 9 nitrogen and oxygen atoms in total. The number of nitrogens with zero attached hydrogens (tertiary/aromatic N) is 1. The SMILES string of the molecule is CC/C=C\C/C=C\C/C=C\C/C=C\C/C=C\CCCCCCCCCCCCCCCCCC(=O)OC(COC(=O)CCCCCCCCCCCCCCCCCCCC)COP(=O)([O-])OCC[N+](C)(C)C. The van der Waals surface area contributed by atoms with Crippen LogP contribution in [0.3, 0.4) is 0 Å². The van der Waals surface area contributed by atoms with Gasteiger partial charge in [0.1, 0.15) is 19.8 Å². The van der Waals surface area contributed by atoms with Gasteiger partial charge < -0.3 is 27.9 Å². The van der Waals surface area contributed by atoms with Crippen molar-refractivity contribution in [3.8, 4) is 0 Å². The molecule has 426 valence electrons. The number of hydrogen-bond donors (Lipinski definition) is 0. The molecular formula is C63H116NO8P. The number of quaternary nitrogens is 1. The van der Waals surface area contributed by atoms with Crippen molar-refractivity contribution in [1.29, 1.82) is 0 Å². The number of rotatable bonds is 56. The minimum absolute atomic E-state index is 0.0300. The van der Waals surface area contributed by atoms with Crippen LogP contribution < -0.4 is 4.89 Å². The van der Waals surface area contributed by atoms with Crippen molar-refractivity contribution in [1.82, 2.24) is 0 Å². The number of unbranched alkanes of at least 4 members (excludes halogenated alkanes) is 32. The van der Waals surface area contributed by atoms with Gasteiger partial charge in [0.05, 0.1) is 27.7 Å². The average Bonchev–Trinajstić information content (AvgIpc) is 3.35. The Hall–Kier alpha value is -2.29. The van der Waals surface area contributed by atoms with Gasteiger partial charge in [-0.3, -0.25) is 14.2 Å². The van der Waals surface area contributed by atoms with Gasteiger partial charge >= 0.3 is 11.9 Å². The summed E-state index contributed by atoms with van der Waals surface area (Å²) in [6.07, 6.45) is 69.9. The summed E-state index contributed by atoms with van der Waals surface area (Å²) in [5.41, 5.74) is 0. The predicted molar refractivity (Wildman–Crippen MR) is 310 cm³/mol. The lowest BCUT2D eigenvalue weighted by Gasteiger charge is -2.28. The summed E-state index contributed by atoms with van der Waals surface area (Å²) in [4.78, 5) is 37.9. The smallest absolute Gasteiger partial charge is 0.306 e. The largest absolute Gasteiger partial charge is 0.756 e. The summed E-state index contributed by atoms with van der Waals surface area (Å²) >= 11 is 0. The van der Waals surface area contributed by atoms with Gasteiger partial charge in [-0.25, -0.2) is 0 Å². The van der Waals surface area contributed by atoms with E-state index in [1.165, 1.54) is 173 Å². The standard InChI is InChI=1S/C63H116NO8P/c1-6-8-10-12-14-16-18-20-22-24-26-27-28-29-30-31-32-33-34-35-36-37-38-40-42-44-46-48-50-52-54-56-63(66)72-61(60-71-73(67,68)70-58-57-64(3,4)5)59-69-62(65)55-53-51-49-47-45-43-41-39-25-23-21-19-17-15-13-11-9-7-2/h8,10,14,16,20,22,26-27,29-30,61H,6-7,9,11-13,15,17-19,21,23-25,28,31-60H2,1-5H3/b10-8-,16-14-,22-20-,27-26-,30-29-. The zero-order chi connectivity index (χ0) is 53.5. The molecule has 2 unspecified atom stereocenters. The van der Waals surface area contributed by atoms with Crippen LogP contribution in [0.25, 0.3) is 0 Å². The Labute approximate surface area is 451 Å². The van der Waals surface area contributed by atoms with Crippen LogP contribution >= 0.6 is 7.82 Å². The minimum Gasteiger partial charge on any atom is -0.756 e. The quantitative estimate of drug-likeness (QED) is 0.0195. The van der Waals surface area contributed by atoms with Crippen LogP contribution in [-0.2, 0) is 32.7 Å². The van der Waals surface area contributed by atoms with Crippen LogP contribution in [0.5, 0.6) is 0 Å². The van der Waals surface area contributed by atoms with Crippen LogP contribution in [0, 0.1) is 0 Å². The van der Waals surface area contributed by atoms with Crippen molar-refractivity contribution in [2.75, 3.05) is 47.5 Å². The zero-order valence-electron chi connectivity index (χ0n) is 48.3. The van der Waals surface area contributed by atoms with Gasteiger partial charge in [-0.15, -0.1) is 0 Å². The van der Waals surface area contributed by atoms with Gasteiger partial charge in [-0.2, -0.15) is 0 Å². The molecule has 0 fully saturated rings. The second-order valence-electron chi connectivity index (χ2n) is 21.7. The van der Waals surface area contributed by atoms with Gasteiger partial charge in [0.25, 0.3) is 7.82 Å². The first kappa shape index (κ1) is 70.7. The molecule has 0 saturated heterocycles. The Bertz CT molecular complexity index is 1420. The zero-order valence-corrected chi connectivity index (χ0v) is 49.2. The number of hydrogen-bond acceptors (Lipinski definition) is 8. The van der Waals surface area contributed by atoms with E-state index in [4.69, 9.17) is 18.5 Å². The number of likely N-dealkylation sites (N-methyl/N-ethyl adjacent to an activating group) is 1. The van der Waals surface area contributed by atoms with Crippen molar-refractivity contribution in [2.24, 2.45) is 0 Å². The van der Waals surface area contributed by atoms with Crippen molar-refractivity contribution < 1.29 is 42.1 Å². The van der Waals surface area contributed by atoms with Gasteiger partial charge in [0, 0.05) is 12.8 Å². The molecule has 0 N–H and O–H groups in total. The molecular weight excluding hydrogens is 930 g/mol. The van der Waals surface area contributed by atoms with Crippen LogP contribution in [0.15, 0.2) is 60.8 Å². The summed E-state index contributed by atoms with van der Waals surface area (Å²) in [5.74, 6) is -0.821. The molecule has 0 spiro atoms. The van der Waals surface area contributed by atoms with Crippen LogP contribution in [0.4, 0.5) is 0 Å². The molecule has 0 radical (unpaired) electrons. The molecule has 0 aliphatic rings. The van der Waals surface area contributed by atoms with Gasteiger partial charge in [-0.05, 0) is 57.8 Å². The van der Waals surface area contributed by atoms with E-state index in [9.17, 15) is 19.0 Å². The molecule has 0 bridgehead atoms. The van der Waals surface area contributed by atoms with Crippen LogP contribution in [0.2, 0.25) is 0 Å². The van der Waals surface area contributed by atoms with E-state index in [0.717, 1.165) is 70.6 Å². The minimum atomic E-state index is -4.63. The fraction of sp³-hybridized carbons (Fsp3) is 0.810. The number of allylic oxidation sites excluding steroid dienone is 10. The maximum atomic E-state index is 12.8. The first-order valence-corrected chi connectivity index (χ1v) is 32.0. The van der Waals surface area contributed by atoms with E-state index in [-0.39, 0.29) is 32.0 Å². The third kappa shape index (κ3) is 58.8. The van der Waals surface area contributed by atoms with E-state index in [1.807, 2.05) is 21.1 Å². The molecule has 2 atom stereocenters. The molecule has 0 aromatic heterocycles. The lowest BCUT2D eigenvalue weighted by molar-refractivity contribution is -0.870. The van der Waals surface area contributed by atoms with Gasteiger partial charge in [0.15, 0.2) is 6.10 Å². The van der Waals surface area contributed by atoms with Crippen molar-refractivity contribution in [2.45, 2.75) is 283 Å². The first-order valence-electron chi connectivity index (χ1n) is 30.5. The van der Waals surface area contributed by atoms with Crippen LogP contribution in [0.1, 0.15) is 277 Å². The Balaban J connectivity index is 4.08. The highest BCUT2D eigenvalue weighted by Crippen LogP contribution is 2.38. The third-order valence-corrected chi connectivity index (χ3v) is 14.3. The second-order valence-corrected chi connectivity index (χ2v) is 23.1. The number of carbonyl (C=O) groups is 2.